The summed E-state index contributed by atoms with van der Waals surface area (Å²) < 4.78 is 0. The van der Waals surface area contributed by atoms with Crippen molar-refractivity contribution in [2.45, 2.75) is 19.9 Å². The molecule has 3 N–H and O–H groups in total. The molecule has 0 heterocycles. The number of rotatable bonds is 5. The molecule has 0 saturated heterocycles. The summed E-state index contributed by atoms with van der Waals surface area (Å²) in [5.74, 6) is -0.340. The van der Waals surface area contributed by atoms with Crippen molar-refractivity contribution in [2.24, 2.45) is 0 Å². The van der Waals surface area contributed by atoms with Gasteiger partial charge in [-0.25, -0.2) is 0 Å². The maximum absolute atomic E-state index is 11.1. The Morgan fingerprint density at radius 3 is 2.46 bits per heavy atom. The zero-order valence-electron chi connectivity index (χ0n) is 8.31. The number of amides is 2. The van der Waals surface area contributed by atoms with Crippen molar-refractivity contribution in [3.05, 3.63) is 0 Å². The molecule has 0 aromatic rings. The molecule has 0 bridgehead atoms. The number of likely N-dealkylation sites (N-methyl/N-ethyl adjacent to an activating group) is 2. The smallest absolute Gasteiger partial charge is 0.242 e. The van der Waals surface area contributed by atoms with Gasteiger partial charge in [0.1, 0.15) is 6.04 Å². The molecule has 0 fully saturated rings. The highest BCUT2D eigenvalue weighted by Crippen LogP contribution is 1.81. The molecular weight excluding hydrogens is 170 g/mol. The predicted octanol–water partition coefficient (Wildman–Crippen LogP) is -1.15. The lowest BCUT2D eigenvalue weighted by Gasteiger charge is -2.12. The lowest BCUT2D eigenvalue weighted by molar-refractivity contribution is -0.128. The first-order valence-electron chi connectivity index (χ1n) is 4.33. The van der Waals surface area contributed by atoms with Gasteiger partial charge >= 0.3 is 0 Å². The quantitative estimate of drug-likeness (QED) is 0.509. The van der Waals surface area contributed by atoms with Gasteiger partial charge in [-0.2, -0.15) is 0 Å². The minimum absolute atomic E-state index is 0.160. The van der Waals surface area contributed by atoms with Crippen molar-refractivity contribution in [1.29, 1.82) is 0 Å². The molecule has 1 unspecified atom stereocenters. The topological polar surface area (TPSA) is 70.2 Å². The molecule has 0 aliphatic carbocycles. The summed E-state index contributed by atoms with van der Waals surface area (Å²) in [6, 6.07) is -0.471. The first kappa shape index (κ1) is 11.9. The lowest BCUT2D eigenvalue weighted by Crippen LogP contribution is -2.46. The maximum Gasteiger partial charge on any atom is 0.242 e. The van der Waals surface area contributed by atoms with Crippen LogP contribution in [0.5, 0.6) is 0 Å². The van der Waals surface area contributed by atoms with Crippen molar-refractivity contribution in [2.75, 3.05) is 20.1 Å². The van der Waals surface area contributed by atoms with Crippen molar-refractivity contribution >= 4 is 11.8 Å². The van der Waals surface area contributed by atoms with E-state index in [-0.39, 0.29) is 18.4 Å². The van der Waals surface area contributed by atoms with Crippen LogP contribution in [0, 0.1) is 0 Å². The van der Waals surface area contributed by atoms with Crippen LogP contribution in [0.4, 0.5) is 0 Å². The van der Waals surface area contributed by atoms with Crippen LogP contribution in [0.25, 0.3) is 0 Å². The summed E-state index contributed by atoms with van der Waals surface area (Å²) >= 11 is 0. The van der Waals surface area contributed by atoms with Crippen LogP contribution in [0.3, 0.4) is 0 Å². The molecule has 76 valence electrons. The summed E-state index contributed by atoms with van der Waals surface area (Å²) in [5.41, 5.74) is 0. The van der Waals surface area contributed by atoms with Crippen molar-refractivity contribution < 1.29 is 9.59 Å². The van der Waals surface area contributed by atoms with Crippen molar-refractivity contribution in [1.82, 2.24) is 16.0 Å². The van der Waals surface area contributed by atoms with Gasteiger partial charge in [-0.1, -0.05) is 0 Å². The fourth-order valence-electron chi connectivity index (χ4n) is 0.846. The van der Waals surface area contributed by atoms with E-state index in [1.165, 1.54) is 0 Å². The SMILES string of the molecule is CCNC(=O)C(C)NC(=O)CNC. The Balaban J connectivity index is 3.78. The van der Waals surface area contributed by atoms with Gasteiger partial charge in [-0.15, -0.1) is 0 Å². The third-order valence-corrected chi connectivity index (χ3v) is 1.46. The molecule has 0 aromatic carbocycles. The summed E-state index contributed by atoms with van der Waals surface area (Å²) in [6.45, 7) is 4.29. The summed E-state index contributed by atoms with van der Waals surface area (Å²) in [5, 5.41) is 7.87. The Morgan fingerprint density at radius 2 is 2.00 bits per heavy atom. The number of carbonyl (C=O) groups is 2. The average Bonchev–Trinajstić information content (AvgIpc) is 2.05. The average molecular weight is 187 g/mol. The van der Waals surface area contributed by atoms with Gasteiger partial charge in [0.25, 0.3) is 0 Å². The van der Waals surface area contributed by atoms with Gasteiger partial charge in [0.15, 0.2) is 0 Å². The standard InChI is InChI=1S/C8H17N3O2/c1-4-10-8(13)6(2)11-7(12)5-9-3/h6,9H,4-5H2,1-3H3,(H,10,13)(H,11,12). The normalized spacial score (nSPS) is 11.9. The Bertz CT molecular complexity index is 182. The Morgan fingerprint density at radius 1 is 1.38 bits per heavy atom. The van der Waals surface area contributed by atoms with Gasteiger partial charge in [-0.3, -0.25) is 9.59 Å². The summed E-state index contributed by atoms with van der Waals surface area (Å²) in [4.78, 5) is 22.1. The van der Waals surface area contributed by atoms with Crippen LogP contribution in [0.15, 0.2) is 0 Å². The minimum Gasteiger partial charge on any atom is -0.355 e. The predicted molar refractivity (Wildman–Crippen MR) is 50.2 cm³/mol. The molecular formula is C8H17N3O2. The van der Waals surface area contributed by atoms with Crippen LogP contribution in [0.2, 0.25) is 0 Å². The first-order chi connectivity index (χ1) is 6.11. The van der Waals surface area contributed by atoms with E-state index in [9.17, 15) is 9.59 Å². The van der Waals surface area contributed by atoms with Crippen molar-refractivity contribution in [3.63, 3.8) is 0 Å². The molecule has 5 heteroatoms. The van der Waals surface area contributed by atoms with Crippen molar-refractivity contribution in [3.8, 4) is 0 Å². The Kier molecular flexibility index (Phi) is 5.88. The molecule has 0 radical (unpaired) electrons. The van der Waals surface area contributed by atoms with Crippen LogP contribution in [-0.4, -0.2) is 38.0 Å². The Labute approximate surface area is 78.3 Å². The number of hydrogen-bond donors (Lipinski definition) is 3. The van der Waals surface area contributed by atoms with Crippen LogP contribution in [-0.2, 0) is 9.59 Å². The van der Waals surface area contributed by atoms with E-state index in [0.717, 1.165) is 0 Å². The first-order valence-corrected chi connectivity index (χ1v) is 4.33. The van der Waals surface area contributed by atoms with Gasteiger partial charge < -0.3 is 16.0 Å². The van der Waals surface area contributed by atoms with Gasteiger partial charge in [0.2, 0.25) is 11.8 Å². The molecule has 0 saturated carbocycles. The van der Waals surface area contributed by atoms with E-state index in [2.05, 4.69) is 16.0 Å². The van der Waals surface area contributed by atoms with E-state index in [1.807, 2.05) is 6.92 Å². The second kappa shape index (κ2) is 6.42. The molecule has 0 aromatic heterocycles. The lowest BCUT2D eigenvalue weighted by atomic mass is 10.3. The molecule has 2 amide bonds. The maximum atomic E-state index is 11.1. The third kappa shape index (κ3) is 5.19. The third-order valence-electron chi connectivity index (χ3n) is 1.46. The van der Waals surface area contributed by atoms with E-state index in [4.69, 9.17) is 0 Å². The van der Waals surface area contributed by atoms with Crippen LogP contribution < -0.4 is 16.0 Å². The van der Waals surface area contributed by atoms with E-state index >= 15 is 0 Å². The second-order valence-electron chi connectivity index (χ2n) is 2.71. The number of carbonyl (C=O) groups excluding carboxylic acids is 2. The highest BCUT2D eigenvalue weighted by molar-refractivity contribution is 5.87. The molecule has 0 aliphatic heterocycles. The van der Waals surface area contributed by atoms with Crippen LogP contribution >= 0.6 is 0 Å². The van der Waals surface area contributed by atoms with E-state index < -0.39 is 6.04 Å². The zero-order chi connectivity index (χ0) is 10.3. The molecule has 0 spiro atoms. The van der Waals surface area contributed by atoms with E-state index in [0.29, 0.717) is 6.54 Å². The fourth-order valence-corrected chi connectivity index (χ4v) is 0.846. The molecule has 0 aliphatic rings. The molecule has 1 atom stereocenters. The van der Waals surface area contributed by atoms with Gasteiger partial charge in [-0.05, 0) is 20.9 Å². The number of hydrogen-bond acceptors (Lipinski definition) is 3. The van der Waals surface area contributed by atoms with Gasteiger partial charge in [0, 0.05) is 6.54 Å². The van der Waals surface area contributed by atoms with Gasteiger partial charge in [0.05, 0.1) is 6.54 Å². The summed E-state index contributed by atoms with van der Waals surface area (Å²) in [6.07, 6.45) is 0. The molecule has 0 rings (SSSR count). The summed E-state index contributed by atoms with van der Waals surface area (Å²) in [7, 11) is 1.68. The second-order valence-corrected chi connectivity index (χ2v) is 2.71. The Hall–Kier alpha value is -1.10. The fraction of sp³-hybridized carbons (Fsp3) is 0.750. The molecule has 5 nitrogen and oxygen atoms in total. The largest absolute Gasteiger partial charge is 0.355 e. The van der Waals surface area contributed by atoms with Crippen LogP contribution in [0.1, 0.15) is 13.8 Å². The monoisotopic (exact) mass is 187 g/mol. The number of nitrogens with one attached hydrogen (secondary N) is 3. The van der Waals surface area contributed by atoms with E-state index in [1.54, 1.807) is 14.0 Å². The minimum atomic E-state index is -0.471. The zero-order valence-corrected chi connectivity index (χ0v) is 8.31. The molecule has 13 heavy (non-hydrogen) atoms. The highest BCUT2D eigenvalue weighted by atomic mass is 16.2. The highest BCUT2D eigenvalue weighted by Gasteiger charge is 2.13.